The fourth-order valence-corrected chi connectivity index (χ4v) is 3.05. The van der Waals surface area contributed by atoms with Crippen LogP contribution in [0.3, 0.4) is 0 Å². The number of nitrogens with one attached hydrogen (secondary N) is 1. The van der Waals surface area contributed by atoms with Gasteiger partial charge in [-0.1, -0.05) is 6.92 Å². The van der Waals surface area contributed by atoms with Crippen LogP contribution in [-0.4, -0.2) is 36.1 Å². The summed E-state index contributed by atoms with van der Waals surface area (Å²) < 4.78 is 13.5. The Morgan fingerprint density at radius 2 is 2.29 bits per heavy atom. The molecule has 120 valence electrons. The number of nitrogens with zero attached hydrogens (tertiary/aromatic N) is 2. The van der Waals surface area contributed by atoms with Gasteiger partial charge in [0.15, 0.2) is 5.75 Å². The average Bonchev–Trinajstić information content (AvgIpc) is 2.92. The third-order valence-electron chi connectivity index (χ3n) is 4.06. The van der Waals surface area contributed by atoms with Gasteiger partial charge in [-0.2, -0.15) is 5.10 Å². The van der Waals surface area contributed by atoms with Gasteiger partial charge in [-0.15, -0.1) is 0 Å². The molecule has 1 aromatic rings. The van der Waals surface area contributed by atoms with Crippen molar-refractivity contribution in [3.8, 4) is 5.75 Å². The predicted molar refractivity (Wildman–Crippen MR) is 83.8 cm³/mol. The average molecular weight is 295 g/mol. The SMILES string of the molecule is CCNC(CC1CCCCO1)c1c(OC)cnn1C(C)C. The quantitative estimate of drug-likeness (QED) is 0.840. The first-order valence-electron chi connectivity index (χ1n) is 8.13. The summed E-state index contributed by atoms with van der Waals surface area (Å²) in [5, 5.41) is 8.08. The molecule has 1 saturated heterocycles. The van der Waals surface area contributed by atoms with Crippen LogP contribution in [0.1, 0.15) is 64.2 Å². The lowest BCUT2D eigenvalue weighted by Crippen LogP contribution is -2.31. The van der Waals surface area contributed by atoms with Gasteiger partial charge in [-0.3, -0.25) is 4.68 Å². The molecule has 5 heteroatoms. The largest absolute Gasteiger partial charge is 0.493 e. The van der Waals surface area contributed by atoms with Crippen molar-refractivity contribution in [2.75, 3.05) is 20.3 Å². The van der Waals surface area contributed by atoms with E-state index in [-0.39, 0.29) is 6.04 Å². The van der Waals surface area contributed by atoms with E-state index in [0.717, 1.165) is 37.4 Å². The summed E-state index contributed by atoms with van der Waals surface area (Å²) >= 11 is 0. The van der Waals surface area contributed by atoms with Gasteiger partial charge in [0.1, 0.15) is 0 Å². The lowest BCUT2D eigenvalue weighted by molar-refractivity contribution is 0.00442. The molecule has 0 saturated carbocycles. The summed E-state index contributed by atoms with van der Waals surface area (Å²) in [6.07, 6.45) is 6.74. The third-order valence-corrected chi connectivity index (χ3v) is 4.06. The topological polar surface area (TPSA) is 48.3 Å². The maximum absolute atomic E-state index is 5.92. The molecule has 5 nitrogen and oxygen atoms in total. The summed E-state index contributed by atoms with van der Waals surface area (Å²) in [5.74, 6) is 0.866. The van der Waals surface area contributed by atoms with Crippen molar-refractivity contribution in [1.82, 2.24) is 15.1 Å². The van der Waals surface area contributed by atoms with Crippen molar-refractivity contribution in [3.05, 3.63) is 11.9 Å². The molecule has 1 N–H and O–H groups in total. The molecular formula is C16H29N3O2. The highest BCUT2D eigenvalue weighted by Gasteiger charge is 2.26. The Morgan fingerprint density at radius 1 is 1.48 bits per heavy atom. The van der Waals surface area contributed by atoms with Gasteiger partial charge in [0, 0.05) is 12.6 Å². The lowest BCUT2D eigenvalue weighted by atomic mass is 9.99. The third kappa shape index (κ3) is 3.98. The van der Waals surface area contributed by atoms with Crippen LogP contribution in [0.4, 0.5) is 0 Å². The van der Waals surface area contributed by atoms with E-state index in [2.05, 4.69) is 35.9 Å². The molecule has 1 fully saturated rings. The Bertz CT molecular complexity index is 425. The fourth-order valence-electron chi connectivity index (χ4n) is 3.05. The van der Waals surface area contributed by atoms with Gasteiger partial charge >= 0.3 is 0 Å². The second-order valence-electron chi connectivity index (χ2n) is 5.97. The van der Waals surface area contributed by atoms with E-state index in [0.29, 0.717) is 12.1 Å². The van der Waals surface area contributed by atoms with Crippen LogP contribution >= 0.6 is 0 Å². The van der Waals surface area contributed by atoms with Gasteiger partial charge in [-0.05, 0) is 46.1 Å². The van der Waals surface area contributed by atoms with Crippen LogP contribution in [0.15, 0.2) is 6.20 Å². The minimum Gasteiger partial charge on any atom is -0.493 e. The molecule has 1 aliphatic rings. The highest BCUT2D eigenvalue weighted by Crippen LogP contribution is 2.32. The van der Waals surface area contributed by atoms with Crippen LogP contribution < -0.4 is 10.1 Å². The minimum atomic E-state index is 0.220. The van der Waals surface area contributed by atoms with Crippen LogP contribution in [0.2, 0.25) is 0 Å². The maximum atomic E-state index is 5.92. The molecule has 0 bridgehead atoms. The molecule has 0 aliphatic carbocycles. The zero-order valence-electron chi connectivity index (χ0n) is 13.8. The molecule has 0 spiro atoms. The molecular weight excluding hydrogens is 266 g/mol. The highest BCUT2D eigenvalue weighted by atomic mass is 16.5. The van der Waals surface area contributed by atoms with Gasteiger partial charge in [0.05, 0.1) is 31.1 Å². The summed E-state index contributed by atoms with van der Waals surface area (Å²) in [6.45, 7) is 8.25. The standard InChI is InChI=1S/C16H29N3O2/c1-5-17-14(10-13-8-6-7-9-21-13)16-15(20-4)11-18-19(16)12(2)3/h11-14,17H,5-10H2,1-4H3. The Hall–Kier alpha value is -1.07. The molecule has 2 unspecified atom stereocenters. The summed E-state index contributed by atoms with van der Waals surface area (Å²) in [7, 11) is 1.71. The number of rotatable bonds is 7. The molecule has 21 heavy (non-hydrogen) atoms. The molecule has 2 heterocycles. The number of ether oxygens (including phenoxy) is 2. The van der Waals surface area contributed by atoms with Crippen LogP contribution in [0.25, 0.3) is 0 Å². The smallest absolute Gasteiger partial charge is 0.161 e. The minimum absolute atomic E-state index is 0.220. The second-order valence-corrected chi connectivity index (χ2v) is 5.97. The molecule has 2 rings (SSSR count). The zero-order chi connectivity index (χ0) is 15.2. The van der Waals surface area contributed by atoms with E-state index in [4.69, 9.17) is 9.47 Å². The number of hydrogen-bond acceptors (Lipinski definition) is 4. The van der Waals surface area contributed by atoms with Gasteiger partial charge in [0.2, 0.25) is 0 Å². The van der Waals surface area contributed by atoms with Gasteiger partial charge in [0.25, 0.3) is 0 Å². The van der Waals surface area contributed by atoms with Crippen molar-refractivity contribution in [2.45, 2.75) is 64.6 Å². The monoisotopic (exact) mass is 295 g/mol. The molecule has 2 atom stereocenters. The Morgan fingerprint density at radius 3 is 2.86 bits per heavy atom. The highest BCUT2D eigenvalue weighted by molar-refractivity contribution is 5.29. The summed E-state index contributed by atoms with van der Waals surface area (Å²) in [6, 6.07) is 0.537. The predicted octanol–water partition coefficient (Wildman–Crippen LogP) is 3.08. The molecule has 1 aliphatic heterocycles. The van der Waals surface area contributed by atoms with Crippen LogP contribution in [-0.2, 0) is 4.74 Å². The van der Waals surface area contributed by atoms with Gasteiger partial charge < -0.3 is 14.8 Å². The van der Waals surface area contributed by atoms with Crippen molar-refractivity contribution in [1.29, 1.82) is 0 Å². The first kappa shape index (κ1) is 16.3. The second kappa shape index (κ2) is 7.80. The molecule has 0 radical (unpaired) electrons. The van der Waals surface area contributed by atoms with E-state index in [1.54, 1.807) is 7.11 Å². The Kier molecular flexibility index (Phi) is 6.06. The molecule has 1 aromatic heterocycles. The van der Waals surface area contributed by atoms with Crippen molar-refractivity contribution >= 4 is 0 Å². The van der Waals surface area contributed by atoms with E-state index < -0.39 is 0 Å². The summed E-state index contributed by atoms with van der Waals surface area (Å²) in [4.78, 5) is 0. The first-order valence-corrected chi connectivity index (χ1v) is 8.13. The Balaban J connectivity index is 2.21. The zero-order valence-corrected chi connectivity index (χ0v) is 13.8. The first-order chi connectivity index (χ1) is 10.2. The normalized spacial score (nSPS) is 20.7. The molecule has 0 amide bonds. The van der Waals surface area contributed by atoms with E-state index in [9.17, 15) is 0 Å². The number of hydrogen-bond donors (Lipinski definition) is 1. The molecule has 0 aromatic carbocycles. The van der Waals surface area contributed by atoms with Crippen LogP contribution in [0, 0.1) is 0 Å². The lowest BCUT2D eigenvalue weighted by Gasteiger charge is -2.28. The van der Waals surface area contributed by atoms with E-state index in [1.165, 1.54) is 12.8 Å². The van der Waals surface area contributed by atoms with E-state index >= 15 is 0 Å². The van der Waals surface area contributed by atoms with Crippen LogP contribution in [0.5, 0.6) is 5.75 Å². The van der Waals surface area contributed by atoms with E-state index in [1.807, 2.05) is 6.20 Å². The number of aromatic nitrogens is 2. The Labute approximate surface area is 128 Å². The van der Waals surface area contributed by atoms with Crippen molar-refractivity contribution in [2.24, 2.45) is 0 Å². The number of methoxy groups -OCH3 is 1. The summed E-state index contributed by atoms with van der Waals surface area (Å²) in [5.41, 5.74) is 1.14. The fraction of sp³-hybridized carbons (Fsp3) is 0.812. The maximum Gasteiger partial charge on any atom is 0.161 e. The van der Waals surface area contributed by atoms with Crippen molar-refractivity contribution < 1.29 is 9.47 Å². The van der Waals surface area contributed by atoms with Crippen molar-refractivity contribution in [3.63, 3.8) is 0 Å². The van der Waals surface area contributed by atoms with Gasteiger partial charge in [-0.25, -0.2) is 0 Å².